The molecule has 0 radical (unpaired) electrons. The van der Waals surface area contributed by atoms with Gasteiger partial charge in [0.05, 0.1) is 37.3 Å². The Balaban J connectivity index is -0.000000841. The van der Waals surface area contributed by atoms with E-state index in [2.05, 4.69) is 122 Å². The lowest BCUT2D eigenvalue weighted by molar-refractivity contribution is 0.0694. The van der Waals surface area contributed by atoms with Gasteiger partial charge < -0.3 is 40.0 Å². The van der Waals surface area contributed by atoms with Crippen LogP contribution in [0, 0.1) is 6.92 Å². The number of nitrogens with two attached hydrogens (primary N) is 1. The van der Waals surface area contributed by atoms with Crippen LogP contribution in [0.2, 0.25) is 0 Å². The van der Waals surface area contributed by atoms with Crippen molar-refractivity contribution in [3.8, 4) is 0 Å². The van der Waals surface area contributed by atoms with Crippen LogP contribution in [0.15, 0.2) is 205 Å². The van der Waals surface area contributed by atoms with Crippen molar-refractivity contribution in [2.45, 2.75) is 119 Å². The molecule has 2 aliphatic rings. The Labute approximate surface area is 485 Å². The van der Waals surface area contributed by atoms with Crippen molar-refractivity contribution in [1.29, 1.82) is 0 Å². The molecule has 0 bridgehead atoms. The molecule has 11 nitrogen and oxygen atoms in total. The molecule has 0 spiro atoms. The number of methoxy groups -OCH3 is 1. The number of hydrogen-bond acceptors (Lipinski definition) is 11. The first-order valence-corrected chi connectivity index (χ1v) is 26.7. The molecule has 78 heavy (non-hydrogen) atoms. The van der Waals surface area contributed by atoms with Gasteiger partial charge in [0.15, 0.2) is 11.8 Å². The summed E-state index contributed by atoms with van der Waals surface area (Å²) >= 11 is 14.7. The number of ether oxygens (including phenoxy) is 4. The summed E-state index contributed by atoms with van der Waals surface area (Å²) in [4.78, 5) is 11.0. The quantitative estimate of drug-likeness (QED) is 0.0328. The van der Waals surface area contributed by atoms with Crippen molar-refractivity contribution in [1.82, 2.24) is 4.84 Å². The summed E-state index contributed by atoms with van der Waals surface area (Å²) in [6, 6.07) is 59.5. The summed E-state index contributed by atoms with van der Waals surface area (Å²) in [5.41, 5.74) is 12.5. The maximum Gasteiger partial charge on any atom is 0.181 e. The highest BCUT2D eigenvalue weighted by atomic mass is 35.5. The fraction of sp³-hybridized carbons (Fsp3) is 0.375. The van der Waals surface area contributed by atoms with Crippen molar-refractivity contribution in [3.63, 3.8) is 0 Å². The van der Waals surface area contributed by atoms with Gasteiger partial charge in [-0.1, -0.05) is 216 Å². The second-order valence-electron chi connectivity index (χ2n) is 16.3. The smallest absolute Gasteiger partial charge is 0.181 e. The largest absolute Gasteiger partial charge is 0.471 e. The molecule has 0 aromatic heterocycles. The average molecular weight is 1140 g/mol. The summed E-state index contributed by atoms with van der Waals surface area (Å²) in [5, 5.41) is 27.5. The molecular weight excluding hydrogens is 1040 g/mol. The fourth-order valence-corrected chi connectivity index (χ4v) is 6.79. The third-order valence-corrected chi connectivity index (χ3v) is 10.8. The van der Waals surface area contributed by atoms with E-state index in [4.69, 9.17) is 69.9 Å². The zero-order valence-electron chi connectivity index (χ0n) is 45.8. The van der Waals surface area contributed by atoms with Crippen molar-refractivity contribution in [2.24, 2.45) is 15.7 Å². The van der Waals surface area contributed by atoms with E-state index in [-0.39, 0.29) is 63.9 Å². The number of hydrogen-bond donors (Lipinski definition) is 5. The number of rotatable bonds is 13. The molecular formula is C64H93Cl3N4O7. The SMILES string of the molecule is C.C.C=C.CC1=NC(CO)C(c2ccccc2)O1.CCOC(C)NCl.CCc1ccccc1.CCc1ccccc1.COCC1N=C(C)OC1c1ccccc1.Cc1ccccc1.ClCCl.N[C@@H](CO)[C@H](O)c1ccccc1. The van der Waals surface area contributed by atoms with Crippen molar-refractivity contribution >= 4 is 46.8 Å². The van der Waals surface area contributed by atoms with Gasteiger partial charge >= 0.3 is 0 Å². The van der Waals surface area contributed by atoms with E-state index < -0.39 is 12.1 Å². The van der Waals surface area contributed by atoms with Crippen LogP contribution in [0.3, 0.4) is 0 Å². The van der Waals surface area contributed by atoms with E-state index in [0.29, 0.717) is 19.1 Å². The molecule has 6 N–H and O–H groups in total. The Hall–Kier alpha value is -5.41. The summed E-state index contributed by atoms with van der Waals surface area (Å²) < 4.78 is 21.3. The summed E-state index contributed by atoms with van der Waals surface area (Å²) in [6.07, 6.45) is 1.34. The van der Waals surface area contributed by atoms with Crippen LogP contribution in [0.1, 0.15) is 108 Å². The van der Waals surface area contributed by atoms with Gasteiger partial charge in [0.1, 0.15) is 30.5 Å². The molecule has 6 aromatic rings. The van der Waals surface area contributed by atoms with Gasteiger partial charge in [0.25, 0.3) is 0 Å². The lowest BCUT2D eigenvalue weighted by Crippen LogP contribution is -2.31. The van der Waals surface area contributed by atoms with Crippen molar-refractivity contribution < 1.29 is 34.3 Å². The van der Waals surface area contributed by atoms with Gasteiger partial charge in [-0.25, -0.2) is 14.8 Å². The molecule has 2 aliphatic heterocycles. The molecule has 7 atom stereocenters. The van der Waals surface area contributed by atoms with E-state index >= 15 is 0 Å². The molecule has 8 rings (SSSR count). The highest BCUT2D eigenvalue weighted by Crippen LogP contribution is 2.30. The van der Waals surface area contributed by atoms with Crippen LogP contribution in [0.4, 0.5) is 0 Å². The molecule has 0 amide bonds. The highest BCUT2D eigenvalue weighted by molar-refractivity contribution is 6.40. The minimum Gasteiger partial charge on any atom is -0.471 e. The Morgan fingerprint density at radius 2 is 0.962 bits per heavy atom. The molecule has 0 saturated carbocycles. The van der Waals surface area contributed by atoms with E-state index in [1.807, 2.05) is 125 Å². The first kappa shape index (κ1) is 76.8. The van der Waals surface area contributed by atoms with E-state index in [0.717, 1.165) is 35.4 Å². The number of halogens is 3. The van der Waals surface area contributed by atoms with Gasteiger partial charge in [0, 0.05) is 27.6 Å². The summed E-state index contributed by atoms with van der Waals surface area (Å²) in [5.74, 6) is 1.39. The first-order valence-electron chi connectivity index (χ1n) is 25.3. The number of nitrogens with one attached hydrogen (secondary N) is 1. The van der Waals surface area contributed by atoms with Gasteiger partial charge in [0.2, 0.25) is 0 Å². The van der Waals surface area contributed by atoms with Crippen LogP contribution in [-0.4, -0.2) is 90.3 Å². The maximum absolute atomic E-state index is 9.50. The van der Waals surface area contributed by atoms with Crippen LogP contribution < -0.4 is 10.6 Å². The number of benzene rings is 6. The van der Waals surface area contributed by atoms with E-state index in [9.17, 15) is 5.11 Å². The topological polar surface area (TPSA) is 160 Å². The molecule has 14 heteroatoms. The second kappa shape index (κ2) is 51.1. The molecule has 0 fully saturated rings. The average Bonchev–Trinajstić information content (AvgIpc) is 4.06. The van der Waals surface area contributed by atoms with Crippen LogP contribution >= 0.6 is 35.0 Å². The van der Waals surface area contributed by atoms with Gasteiger partial charge in [-0.15, -0.1) is 36.4 Å². The van der Waals surface area contributed by atoms with Crippen LogP contribution in [0.5, 0.6) is 0 Å². The highest BCUT2D eigenvalue weighted by Gasteiger charge is 2.31. The van der Waals surface area contributed by atoms with Crippen LogP contribution in [-0.2, 0) is 31.8 Å². The van der Waals surface area contributed by atoms with Gasteiger partial charge in [-0.2, -0.15) is 0 Å². The second-order valence-corrected chi connectivity index (χ2v) is 17.3. The van der Waals surface area contributed by atoms with E-state index in [1.54, 1.807) is 19.2 Å². The number of aliphatic hydroxyl groups excluding tert-OH is 3. The van der Waals surface area contributed by atoms with E-state index in [1.165, 1.54) is 16.7 Å². The zero-order chi connectivity index (χ0) is 56.8. The maximum atomic E-state index is 9.50. The lowest BCUT2D eigenvalue weighted by Gasteiger charge is -2.16. The predicted octanol–water partition coefficient (Wildman–Crippen LogP) is 14.9. The molecule has 5 unspecified atom stereocenters. The van der Waals surface area contributed by atoms with Gasteiger partial charge in [-0.3, -0.25) is 0 Å². The lowest BCUT2D eigenvalue weighted by atomic mass is 10.0. The molecule has 2 heterocycles. The number of alkyl halides is 2. The third-order valence-electron chi connectivity index (χ3n) is 10.5. The molecule has 432 valence electrons. The standard InChI is InChI=1S/C12H15NO2.C11H13NO2.C9H13NO2.2C8H10.C7H8.C4H10ClNO.C2H4.CH2Cl2.2CH4/c1-9-13-11(8-14-2)12(15-9)10-6-4-3-5-7-10;1-8-12-10(7-13)11(14-8)9-5-3-2-4-6-9;10-8(6-11)9(12)7-4-2-1-3-5-7;2*1-2-8-6-4-3-5-7-8;1-7-5-3-2-4-6-7;1-3-7-4(2)6-5;1-2;2-1-3;;/h3-7,11-12H,8H2,1-2H3;2-6,10-11,13H,7H2,1H3;1-5,8-9,11-12H,6,10H2;2*3-7H,2H2,1H3;2-6H,1H3;4,6H,3H2,1-2H3;1-2H2;1H2;2*1H4/t;;8-,9+;;;;;;;;/m..0......../s1. The van der Waals surface area contributed by atoms with Gasteiger partial charge in [-0.05, 0) is 73.2 Å². The predicted molar refractivity (Wildman–Crippen MR) is 334 cm³/mol. The zero-order valence-corrected chi connectivity index (χ0v) is 48.1. The Kier molecular flexibility index (Phi) is 50.3. The molecule has 0 saturated heterocycles. The minimum atomic E-state index is -0.781. The number of aliphatic hydroxyl groups is 3. The normalized spacial score (nSPS) is 16.0. The van der Waals surface area contributed by atoms with Crippen LogP contribution in [0.25, 0.3) is 0 Å². The number of aliphatic imine (C=N–C) groups is 2. The van der Waals surface area contributed by atoms with Crippen molar-refractivity contribution in [3.05, 3.63) is 229 Å². The third kappa shape index (κ3) is 35.2. The fourth-order valence-electron chi connectivity index (χ4n) is 6.73. The number of nitrogens with zero attached hydrogens (tertiary/aromatic N) is 2. The minimum absolute atomic E-state index is 0. The monoisotopic (exact) mass is 1130 g/mol. The Morgan fingerprint density at radius 1 is 0.615 bits per heavy atom. The first-order chi connectivity index (χ1) is 36.9. The van der Waals surface area contributed by atoms with Crippen molar-refractivity contribution in [2.75, 3.05) is 38.9 Å². The number of aryl methyl sites for hydroxylation is 3. The molecule has 0 aliphatic carbocycles. The summed E-state index contributed by atoms with van der Waals surface area (Å²) in [6.45, 7) is 21.0. The molecule has 6 aromatic carbocycles. The summed E-state index contributed by atoms with van der Waals surface area (Å²) in [7, 11) is 1.69. The Morgan fingerprint density at radius 3 is 1.24 bits per heavy atom. The Bertz CT molecular complexity index is 2240.